The van der Waals surface area contributed by atoms with E-state index in [1.165, 1.54) is 6.33 Å². The summed E-state index contributed by atoms with van der Waals surface area (Å²) in [4.78, 5) is 23.9. The topological polar surface area (TPSA) is 100 Å². The molecule has 2 aromatic heterocycles. The van der Waals surface area contributed by atoms with Crippen molar-refractivity contribution < 1.29 is 18.0 Å². The lowest BCUT2D eigenvalue weighted by Crippen LogP contribution is -2.24. The Balaban J connectivity index is 1.41. The van der Waals surface area contributed by atoms with Crippen LogP contribution in [0.3, 0.4) is 0 Å². The van der Waals surface area contributed by atoms with Crippen LogP contribution in [0.2, 0.25) is 0 Å². The van der Waals surface area contributed by atoms with Gasteiger partial charge >= 0.3 is 6.18 Å². The van der Waals surface area contributed by atoms with Gasteiger partial charge in [0.15, 0.2) is 5.82 Å². The summed E-state index contributed by atoms with van der Waals surface area (Å²) in [7, 11) is 1.76. The van der Waals surface area contributed by atoms with Gasteiger partial charge < -0.3 is 16.0 Å². The highest BCUT2D eigenvalue weighted by Crippen LogP contribution is 2.34. The molecule has 1 aliphatic rings. The summed E-state index contributed by atoms with van der Waals surface area (Å²) in [5.41, 5.74) is 2.35. The maximum Gasteiger partial charge on any atom is 0.416 e. The molecule has 2 aromatic carbocycles. The molecule has 3 heterocycles. The summed E-state index contributed by atoms with van der Waals surface area (Å²) < 4.78 is 43.1. The molecule has 1 fully saturated rings. The zero-order valence-electron chi connectivity index (χ0n) is 23.9. The number of alkyl halides is 3. The monoisotopic (exact) mass is 578 g/mol. The van der Waals surface area contributed by atoms with E-state index in [0.717, 1.165) is 49.3 Å². The third-order valence-corrected chi connectivity index (χ3v) is 7.43. The van der Waals surface area contributed by atoms with E-state index in [1.807, 2.05) is 32.9 Å². The molecule has 1 unspecified atom stereocenters. The number of hydrogen-bond acceptors (Lipinski definition) is 7. The van der Waals surface area contributed by atoms with E-state index in [0.29, 0.717) is 34.4 Å². The number of nitrogens with one attached hydrogen (secondary N) is 3. The molecule has 220 valence electrons. The molecule has 1 aliphatic heterocycles. The van der Waals surface area contributed by atoms with E-state index in [9.17, 15) is 18.0 Å². The number of rotatable bonds is 8. The molecule has 12 heteroatoms. The number of amides is 1. The lowest BCUT2D eigenvalue weighted by molar-refractivity contribution is -0.137. The summed E-state index contributed by atoms with van der Waals surface area (Å²) in [6, 6.07) is 12.3. The predicted octanol–water partition coefficient (Wildman–Crippen LogP) is 6.49. The van der Waals surface area contributed by atoms with E-state index in [-0.39, 0.29) is 11.6 Å². The Morgan fingerprint density at radius 1 is 1.00 bits per heavy atom. The second-order valence-electron chi connectivity index (χ2n) is 10.5. The van der Waals surface area contributed by atoms with Gasteiger partial charge in [-0.2, -0.15) is 23.0 Å². The molecule has 9 nitrogen and oxygen atoms in total. The van der Waals surface area contributed by atoms with Gasteiger partial charge in [0.2, 0.25) is 0 Å². The number of hydrogen-bond donors (Lipinski definition) is 3. The zero-order valence-corrected chi connectivity index (χ0v) is 23.9. The van der Waals surface area contributed by atoms with Gasteiger partial charge in [-0.05, 0) is 88.2 Å². The van der Waals surface area contributed by atoms with Crippen LogP contribution in [-0.4, -0.2) is 50.7 Å². The molecule has 0 aliphatic carbocycles. The minimum absolute atomic E-state index is 0.0428. The van der Waals surface area contributed by atoms with Crippen LogP contribution in [0.1, 0.15) is 58.5 Å². The lowest BCUT2D eigenvalue weighted by Gasteiger charge is -2.25. The first-order valence-electron chi connectivity index (χ1n) is 13.7. The maximum absolute atomic E-state index is 13.8. The normalized spacial score (nSPS) is 14.5. The second kappa shape index (κ2) is 11.8. The summed E-state index contributed by atoms with van der Waals surface area (Å²) in [6.07, 6.45) is -1.11. The average Bonchev–Trinajstić information content (AvgIpc) is 3.64. The molecule has 42 heavy (non-hydrogen) atoms. The Hall–Kier alpha value is -4.45. The quantitative estimate of drug-likeness (QED) is 0.220. The molecule has 0 saturated carbocycles. The number of carbonyl (C=O) groups excluding carboxylic acids is 1. The van der Waals surface area contributed by atoms with E-state index in [1.54, 1.807) is 36.0 Å². The molecule has 0 bridgehead atoms. The van der Waals surface area contributed by atoms with Crippen molar-refractivity contribution >= 4 is 28.9 Å². The Labute approximate surface area is 242 Å². The molecule has 0 radical (unpaired) electrons. The number of aromatic nitrogens is 4. The summed E-state index contributed by atoms with van der Waals surface area (Å²) in [5, 5.41) is 13.7. The smallest absolute Gasteiger partial charge is 0.373 e. The van der Waals surface area contributed by atoms with Crippen LogP contribution in [0.4, 0.5) is 36.2 Å². The molecular weight excluding hydrogens is 545 g/mol. The molecule has 0 spiro atoms. The van der Waals surface area contributed by atoms with Crippen molar-refractivity contribution in [3.63, 3.8) is 0 Å². The number of nitrogens with zero attached hydrogens (tertiary/aromatic N) is 5. The van der Waals surface area contributed by atoms with Crippen LogP contribution < -0.4 is 16.0 Å². The van der Waals surface area contributed by atoms with Gasteiger partial charge in [-0.15, -0.1) is 0 Å². The van der Waals surface area contributed by atoms with E-state index in [2.05, 4.69) is 35.9 Å². The van der Waals surface area contributed by atoms with Gasteiger partial charge in [-0.25, -0.2) is 9.97 Å². The lowest BCUT2D eigenvalue weighted by atomic mass is 9.99. The highest BCUT2D eigenvalue weighted by molar-refractivity contribution is 6.04. The Kier molecular flexibility index (Phi) is 8.17. The average molecular weight is 579 g/mol. The van der Waals surface area contributed by atoms with Gasteiger partial charge in [0.25, 0.3) is 5.91 Å². The summed E-state index contributed by atoms with van der Waals surface area (Å²) >= 11 is 0. The van der Waals surface area contributed by atoms with Gasteiger partial charge in [0.1, 0.15) is 18.0 Å². The van der Waals surface area contributed by atoms with Crippen molar-refractivity contribution in [1.29, 1.82) is 0 Å². The Morgan fingerprint density at radius 3 is 2.48 bits per heavy atom. The molecule has 1 atom stereocenters. The van der Waals surface area contributed by atoms with Crippen LogP contribution in [0, 0.1) is 13.8 Å². The molecule has 1 amide bonds. The first-order chi connectivity index (χ1) is 20.0. The van der Waals surface area contributed by atoms with Crippen LogP contribution >= 0.6 is 0 Å². The second-order valence-corrected chi connectivity index (χ2v) is 10.5. The van der Waals surface area contributed by atoms with Gasteiger partial charge in [-0.1, -0.05) is 6.07 Å². The minimum atomic E-state index is -4.57. The molecule has 5 rings (SSSR count). The molecular formula is C30H33F3N8O. The minimum Gasteiger partial charge on any atom is -0.373 e. The number of aryl methyl sites for hydroxylation is 2. The third kappa shape index (κ3) is 6.38. The van der Waals surface area contributed by atoms with E-state index >= 15 is 0 Å². The maximum atomic E-state index is 13.8. The molecule has 4 aromatic rings. The van der Waals surface area contributed by atoms with E-state index < -0.39 is 17.6 Å². The highest BCUT2D eigenvalue weighted by Gasteiger charge is 2.33. The molecule has 3 N–H and O–H groups in total. The number of benzene rings is 2. The Morgan fingerprint density at radius 2 is 1.76 bits per heavy atom. The van der Waals surface area contributed by atoms with Crippen molar-refractivity contribution in [2.45, 2.75) is 45.8 Å². The standard InChI is InChI=1S/C30H33F3N8O/c1-18-7-8-24(15-25(18)38-28-11-19(2)39-41(28)27-16-26(34-4)35-17-36-27)37-29(42)22-12-21(13-23(14-22)30(31,32)33)20(3)40-9-5-6-10-40/h7-8,11-17,20,38H,5-6,9-10H2,1-4H3,(H,37,42)(H,34,35,36). The fraction of sp³-hybridized carbons (Fsp3) is 0.333. The van der Waals surface area contributed by atoms with Crippen molar-refractivity contribution in [2.24, 2.45) is 0 Å². The van der Waals surface area contributed by atoms with Crippen molar-refractivity contribution in [1.82, 2.24) is 24.6 Å². The first kappa shape index (κ1) is 29.1. The number of carbonyl (C=O) groups is 1. The van der Waals surface area contributed by atoms with Gasteiger partial charge in [-0.3, -0.25) is 9.69 Å². The summed E-state index contributed by atoms with van der Waals surface area (Å²) in [6.45, 7) is 7.30. The number of likely N-dealkylation sites (tertiary alicyclic amines) is 1. The van der Waals surface area contributed by atoms with Crippen molar-refractivity contribution in [3.8, 4) is 5.82 Å². The largest absolute Gasteiger partial charge is 0.416 e. The van der Waals surface area contributed by atoms with Gasteiger partial charge in [0, 0.05) is 42.2 Å². The molecule has 1 saturated heterocycles. The third-order valence-electron chi connectivity index (χ3n) is 7.43. The van der Waals surface area contributed by atoms with Crippen LogP contribution in [-0.2, 0) is 6.18 Å². The van der Waals surface area contributed by atoms with Crippen LogP contribution in [0.15, 0.2) is 54.9 Å². The van der Waals surface area contributed by atoms with Crippen molar-refractivity contribution in [2.75, 3.05) is 36.1 Å². The highest BCUT2D eigenvalue weighted by atomic mass is 19.4. The summed E-state index contributed by atoms with van der Waals surface area (Å²) in [5.74, 6) is 1.20. The predicted molar refractivity (Wildman–Crippen MR) is 157 cm³/mol. The fourth-order valence-electron chi connectivity index (χ4n) is 5.07. The van der Waals surface area contributed by atoms with Gasteiger partial charge in [0.05, 0.1) is 11.3 Å². The number of anilines is 4. The Bertz CT molecular complexity index is 1590. The SMILES string of the molecule is CNc1cc(-n2nc(C)cc2Nc2cc(NC(=O)c3cc(C(C)N4CCCC4)cc(C(F)(F)F)c3)ccc2C)ncn1. The zero-order chi connectivity index (χ0) is 30.0. The fourth-order valence-corrected chi connectivity index (χ4v) is 5.07. The van der Waals surface area contributed by atoms with Crippen molar-refractivity contribution in [3.05, 3.63) is 82.8 Å². The van der Waals surface area contributed by atoms with E-state index in [4.69, 9.17) is 0 Å². The van der Waals surface area contributed by atoms with Crippen LogP contribution in [0.25, 0.3) is 5.82 Å². The number of halogens is 3. The first-order valence-corrected chi connectivity index (χ1v) is 13.7. The van der Waals surface area contributed by atoms with Crippen LogP contribution in [0.5, 0.6) is 0 Å².